The summed E-state index contributed by atoms with van der Waals surface area (Å²) in [6, 6.07) is 19.9. The van der Waals surface area contributed by atoms with Crippen molar-refractivity contribution in [3.8, 4) is 0 Å². The molecule has 31 heavy (non-hydrogen) atoms. The minimum atomic E-state index is -0.315. The number of carbonyl (C=O) groups is 2. The van der Waals surface area contributed by atoms with Crippen LogP contribution in [0.25, 0.3) is 0 Å². The molecule has 0 radical (unpaired) electrons. The summed E-state index contributed by atoms with van der Waals surface area (Å²) in [6.45, 7) is 5.80. The van der Waals surface area contributed by atoms with Crippen LogP contribution in [-0.2, 0) is 27.4 Å². The number of likely N-dealkylation sites (tertiary alicyclic amines) is 2. The maximum atomic E-state index is 12.8. The zero-order valence-electron chi connectivity index (χ0n) is 18.0. The van der Waals surface area contributed by atoms with Gasteiger partial charge in [0.1, 0.15) is 6.61 Å². The van der Waals surface area contributed by atoms with Crippen molar-refractivity contribution in [3.05, 3.63) is 71.8 Å². The van der Waals surface area contributed by atoms with Gasteiger partial charge in [-0.1, -0.05) is 60.7 Å². The normalized spacial score (nSPS) is 23.3. The lowest BCUT2D eigenvalue weighted by Gasteiger charge is -2.29. The summed E-state index contributed by atoms with van der Waals surface area (Å²) in [4.78, 5) is 29.6. The smallest absolute Gasteiger partial charge is 0.410 e. The summed E-state index contributed by atoms with van der Waals surface area (Å²) < 4.78 is 10.9. The molecule has 2 heterocycles. The molecular formula is C25H30N2O4. The molecule has 2 saturated heterocycles. The highest BCUT2D eigenvalue weighted by Gasteiger charge is 2.54. The maximum Gasteiger partial charge on any atom is 0.410 e. The van der Waals surface area contributed by atoms with Crippen LogP contribution < -0.4 is 0 Å². The van der Waals surface area contributed by atoms with Gasteiger partial charge >= 0.3 is 12.1 Å². The molecule has 6 heteroatoms. The van der Waals surface area contributed by atoms with E-state index < -0.39 is 0 Å². The number of rotatable bonds is 6. The molecule has 2 fully saturated rings. The Kier molecular flexibility index (Phi) is 6.56. The Morgan fingerprint density at radius 2 is 1.65 bits per heavy atom. The second kappa shape index (κ2) is 9.52. The predicted molar refractivity (Wildman–Crippen MR) is 117 cm³/mol. The van der Waals surface area contributed by atoms with Crippen LogP contribution in [0.15, 0.2) is 60.7 Å². The van der Waals surface area contributed by atoms with Crippen molar-refractivity contribution >= 4 is 12.1 Å². The highest BCUT2D eigenvalue weighted by atomic mass is 16.6. The monoisotopic (exact) mass is 422 g/mol. The maximum absolute atomic E-state index is 12.8. The van der Waals surface area contributed by atoms with Gasteiger partial charge in [-0.15, -0.1) is 0 Å². The summed E-state index contributed by atoms with van der Waals surface area (Å²) >= 11 is 0. The molecule has 0 aromatic heterocycles. The second-order valence-corrected chi connectivity index (χ2v) is 8.53. The highest BCUT2D eigenvalue weighted by molar-refractivity contribution is 5.75. The molecule has 2 aromatic carbocycles. The molecule has 4 rings (SSSR count). The van der Waals surface area contributed by atoms with Gasteiger partial charge < -0.3 is 14.4 Å². The largest absolute Gasteiger partial charge is 0.466 e. The number of nitrogens with zero attached hydrogens (tertiary/aromatic N) is 2. The van der Waals surface area contributed by atoms with Crippen LogP contribution in [0.4, 0.5) is 4.79 Å². The fourth-order valence-electron chi connectivity index (χ4n) is 4.88. The molecule has 2 aromatic rings. The molecule has 0 bridgehead atoms. The fourth-order valence-corrected chi connectivity index (χ4v) is 4.88. The van der Waals surface area contributed by atoms with Crippen molar-refractivity contribution < 1.29 is 19.1 Å². The first-order valence-corrected chi connectivity index (χ1v) is 11.0. The lowest BCUT2D eigenvalue weighted by molar-refractivity contribution is -0.150. The predicted octanol–water partition coefficient (Wildman–Crippen LogP) is 3.71. The lowest BCUT2D eigenvalue weighted by atomic mass is 9.77. The van der Waals surface area contributed by atoms with E-state index in [1.165, 1.54) is 5.56 Å². The van der Waals surface area contributed by atoms with Crippen LogP contribution in [0.1, 0.15) is 24.5 Å². The molecule has 0 aliphatic carbocycles. The highest BCUT2D eigenvalue weighted by Crippen LogP contribution is 2.45. The van der Waals surface area contributed by atoms with Crippen molar-refractivity contribution in [1.82, 2.24) is 9.80 Å². The standard InChI is InChI=1S/C25H30N2O4/c1-2-30-23(28)22-16-26(15-20-9-5-3-6-10-20)18-25(22)13-14-27(19-25)24(29)31-17-21-11-7-4-8-12-21/h3-12,22H,2,13-19H2,1H3. The Hall–Kier alpha value is -2.86. The Bertz CT molecular complexity index is 889. The van der Waals surface area contributed by atoms with E-state index >= 15 is 0 Å². The van der Waals surface area contributed by atoms with Gasteiger partial charge in [-0.2, -0.15) is 0 Å². The number of carbonyl (C=O) groups excluding carboxylic acids is 2. The van der Waals surface area contributed by atoms with E-state index in [2.05, 4.69) is 17.0 Å². The minimum absolute atomic E-state index is 0.155. The molecule has 1 amide bonds. The molecule has 2 aliphatic heterocycles. The Morgan fingerprint density at radius 3 is 2.32 bits per heavy atom. The SMILES string of the molecule is CCOC(=O)C1CN(Cc2ccccc2)CC12CCN(C(=O)OCc1ccccc1)C2. The van der Waals surface area contributed by atoms with E-state index in [9.17, 15) is 9.59 Å². The fraction of sp³-hybridized carbons (Fsp3) is 0.440. The van der Waals surface area contributed by atoms with Crippen LogP contribution in [0.3, 0.4) is 0 Å². The van der Waals surface area contributed by atoms with Crippen LogP contribution in [-0.4, -0.2) is 54.6 Å². The van der Waals surface area contributed by atoms with Crippen molar-refractivity contribution in [2.45, 2.75) is 26.5 Å². The zero-order valence-corrected chi connectivity index (χ0v) is 18.0. The first-order chi connectivity index (χ1) is 15.1. The first-order valence-electron chi connectivity index (χ1n) is 11.0. The van der Waals surface area contributed by atoms with E-state index in [0.717, 1.165) is 25.1 Å². The molecule has 2 unspecified atom stereocenters. The molecule has 6 nitrogen and oxygen atoms in total. The third-order valence-corrected chi connectivity index (χ3v) is 6.39. The average molecular weight is 423 g/mol. The number of hydrogen-bond donors (Lipinski definition) is 0. The van der Waals surface area contributed by atoms with E-state index in [-0.39, 0.29) is 30.0 Å². The van der Waals surface area contributed by atoms with Gasteiger partial charge in [0.05, 0.1) is 12.5 Å². The molecule has 2 atom stereocenters. The van der Waals surface area contributed by atoms with E-state index in [4.69, 9.17) is 9.47 Å². The summed E-state index contributed by atoms with van der Waals surface area (Å²) in [5.74, 6) is -0.388. The van der Waals surface area contributed by atoms with Crippen LogP contribution in [0.5, 0.6) is 0 Å². The Labute approximate surface area is 183 Å². The van der Waals surface area contributed by atoms with Crippen molar-refractivity contribution in [2.24, 2.45) is 11.3 Å². The molecule has 164 valence electrons. The number of ether oxygens (including phenoxy) is 2. The van der Waals surface area contributed by atoms with Crippen molar-refractivity contribution in [2.75, 3.05) is 32.8 Å². The summed E-state index contributed by atoms with van der Waals surface area (Å²) in [5.41, 5.74) is 1.90. The van der Waals surface area contributed by atoms with Crippen LogP contribution >= 0.6 is 0 Å². The first kappa shape index (κ1) is 21.4. The van der Waals surface area contributed by atoms with E-state index in [0.29, 0.717) is 26.2 Å². The molecule has 0 saturated carbocycles. The molecule has 1 spiro atoms. The second-order valence-electron chi connectivity index (χ2n) is 8.53. The molecule has 2 aliphatic rings. The lowest BCUT2D eigenvalue weighted by Crippen LogP contribution is -2.40. The summed E-state index contributed by atoms with van der Waals surface area (Å²) in [7, 11) is 0. The van der Waals surface area contributed by atoms with Crippen LogP contribution in [0.2, 0.25) is 0 Å². The quantitative estimate of drug-likeness (QED) is 0.664. The molecular weight excluding hydrogens is 392 g/mol. The zero-order chi connectivity index (χ0) is 21.7. The number of benzene rings is 2. The molecule has 0 N–H and O–H groups in total. The number of hydrogen-bond acceptors (Lipinski definition) is 5. The van der Waals surface area contributed by atoms with Crippen molar-refractivity contribution in [3.63, 3.8) is 0 Å². The van der Waals surface area contributed by atoms with Gasteiger partial charge in [0, 0.05) is 38.1 Å². The minimum Gasteiger partial charge on any atom is -0.466 e. The van der Waals surface area contributed by atoms with Gasteiger partial charge in [-0.05, 0) is 24.5 Å². The third kappa shape index (κ3) is 4.90. The van der Waals surface area contributed by atoms with Gasteiger partial charge in [-0.25, -0.2) is 4.79 Å². The van der Waals surface area contributed by atoms with E-state index in [1.54, 1.807) is 4.90 Å². The average Bonchev–Trinajstić information content (AvgIpc) is 3.37. The van der Waals surface area contributed by atoms with Gasteiger partial charge in [-0.3, -0.25) is 9.69 Å². The number of amides is 1. The summed E-state index contributed by atoms with van der Waals surface area (Å²) in [5, 5.41) is 0. The third-order valence-electron chi connectivity index (χ3n) is 6.39. The van der Waals surface area contributed by atoms with E-state index in [1.807, 2.05) is 55.5 Å². The Balaban J connectivity index is 1.43. The van der Waals surface area contributed by atoms with Gasteiger partial charge in [0.2, 0.25) is 0 Å². The Morgan fingerprint density at radius 1 is 0.968 bits per heavy atom. The van der Waals surface area contributed by atoms with Crippen LogP contribution in [0, 0.1) is 11.3 Å². The van der Waals surface area contributed by atoms with Crippen molar-refractivity contribution in [1.29, 1.82) is 0 Å². The van der Waals surface area contributed by atoms with Gasteiger partial charge in [0.25, 0.3) is 0 Å². The summed E-state index contributed by atoms with van der Waals surface area (Å²) in [6.07, 6.45) is 0.465. The topological polar surface area (TPSA) is 59.1 Å². The number of esters is 1. The van der Waals surface area contributed by atoms with Gasteiger partial charge in [0.15, 0.2) is 0 Å².